The zero-order chi connectivity index (χ0) is 15.5. The number of nitrogens with zero attached hydrogens (tertiary/aromatic N) is 2. The fourth-order valence-corrected chi connectivity index (χ4v) is 3.28. The lowest BCUT2D eigenvalue weighted by Crippen LogP contribution is -2.27. The number of benzene rings is 1. The smallest absolute Gasteiger partial charge is 0.240 e. The highest BCUT2D eigenvalue weighted by Gasteiger charge is 2.12. The summed E-state index contributed by atoms with van der Waals surface area (Å²) in [4.78, 5) is 17.5. The molecule has 1 amide bonds. The number of rotatable bonds is 5. The maximum Gasteiger partial charge on any atom is 0.240 e. The molecular formula is C15H14ClN3O2S. The van der Waals surface area contributed by atoms with Crippen LogP contribution in [0.4, 0.5) is 0 Å². The Morgan fingerprint density at radius 1 is 1.32 bits per heavy atom. The van der Waals surface area contributed by atoms with E-state index in [0.717, 1.165) is 15.9 Å². The topological polar surface area (TPSA) is 67.2 Å². The van der Waals surface area contributed by atoms with Gasteiger partial charge < -0.3 is 15.0 Å². The highest BCUT2D eigenvalue weighted by atomic mass is 35.5. The molecule has 7 heteroatoms. The van der Waals surface area contributed by atoms with Crippen LogP contribution in [0.3, 0.4) is 0 Å². The highest BCUT2D eigenvalue weighted by molar-refractivity contribution is 7.16. The molecule has 0 unspecified atom stereocenters. The van der Waals surface area contributed by atoms with Gasteiger partial charge in [-0.2, -0.15) is 0 Å². The molecule has 0 saturated carbocycles. The molecule has 1 aromatic carbocycles. The van der Waals surface area contributed by atoms with E-state index in [1.54, 1.807) is 10.6 Å². The van der Waals surface area contributed by atoms with E-state index in [1.807, 2.05) is 30.3 Å². The van der Waals surface area contributed by atoms with Gasteiger partial charge in [0.25, 0.3) is 0 Å². The average molecular weight is 336 g/mol. The van der Waals surface area contributed by atoms with E-state index >= 15 is 0 Å². The molecule has 0 atom stereocenters. The molecule has 22 heavy (non-hydrogen) atoms. The minimum absolute atomic E-state index is 0.121. The molecule has 5 nitrogen and oxygen atoms in total. The number of thiophene rings is 1. The van der Waals surface area contributed by atoms with Crippen LogP contribution in [-0.2, 0) is 24.5 Å². The first-order valence-electron chi connectivity index (χ1n) is 6.73. The van der Waals surface area contributed by atoms with Crippen LogP contribution in [-0.4, -0.2) is 20.6 Å². The molecule has 2 heterocycles. The summed E-state index contributed by atoms with van der Waals surface area (Å²) in [6.07, 6.45) is 0. The molecule has 0 aliphatic carbocycles. The quantitative estimate of drug-likeness (QED) is 0.753. The van der Waals surface area contributed by atoms with E-state index in [0.29, 0.717) is 16.7 Å². The molecule has 0 radical (unpaired) electrons. The Morgan fingerprint density at radius 2 is 2.14 bits per heavy atom. The molecule has 114 valence electrons. The lowest BCUT2D eigenvalue weighted by Gasteiger charge is -2.08. The molecule has 0 aliphatic heterocycles. The van der Waals surface area contributed by atoms with Crippen molar-refractivity contribution in [2.45, 2.75) is 19.7 Å². The van der Waals surface area contributed by atoms with Crippen molar-refractivity contribution in [3.63, 3.8) is 0 Å². The average Bonchev–Trinajstić information content (AvgIpc) is 3.09. The van der Waals surface area contributed by atoms with Crippen LogP contribution in [0.1, 0.15) is 10.7 Å². The number of aliphatic hydroxyl groups is 1. The van der Waals surface area contributed by atoms with Gasteiger partial charge in [-0.1, -0.05) is 23.7 Å². The summed E-state index contributed by atoms with van der Waals surface area (Å²) in [5.41, 5.74) is 1.60. The molecule has 2 N–H and O–H groups in total. The Kier molecular flexibility index (Phi) is 4.42. The van der Waals surface area contributed by atoms with Crippen molar-refractivity contribution >= 4 is 39.9 Å². The second-order valence-electron chi connectivity index (χ2n) is 4.74. The van der Waals surface area contributed by atoms with E-state index in [-0.39, 0.29) is 19.1 Å². The number of aromatic nitrogens is 2. The first-order valence-corrected chi connectivity index (χ1v) is 7.92. The summed E-state index contributed by atoms with van der Waals surface area (Å²) >= 11 is 7.30. The Bertz CT molecular complexity index is 812. The van der Waals surface area contributed by atoms with Crippen molar-refractivity contribution in [3.8, 4) is 0 Å². The number of halogens is 1. The zero-order valence-corrected chi connectivity index (χ0v) is 13.2. The van der Waals surface area contributed by atoms with E-state index in [1.165, 1.54) is 11.3 Å². The van der Waals surface area contributed by atoms with E-state index < -0.39 is 0 Å². The summed E-state index contributed by atoms with van der Waals surface area (Å²) < 4.78 is 2.43. The van der Waals surface area contributed by atoms with Crippen molar-refractivity contribution in [1.29, 1.82) is 0 Å². The van der Waals surface area contributed by atoms with Crippen LogP contribution in [0.15, 0.2) is 36.4 Å². The van der Waals surface area contributed by atoms with Gasteiger partial charge in [0.1, 0.15) is 19.0 Å². The molecule has 0 spiro atoms. The maximum absolute atomic E-state index is 12.1. The largest absolute Gasteiger partial charge is 0.388 e. The number of aliphatic hydroxyl groups excluding tert-OH is 1. The Hall–Kier alpha value is -1.89. The minimum Gasteiger partial charge on any atom is -0.388 e. The summed E-state index contributed by atoms with van der Waals surface area (Å²) in [6.45, 7) is 0.356. The molecule has 0 saturated heterocycles. The summed E-state index contributed by atoms with van der Waals surface area (Å²) in [7, 11) is 0. The number of carbonyl (C=O) groups is 1. The standard InChI is InChI=1S/C15H14ClN3O2S/c16-13-6-5-10(22-13)7-17-15(21)8-19-12-4-2-1-3-11(12)18-14(19)9-20/h1-6,20H,7-9H2,(H,17,21). The summed E-state index contributed by atoms with van der Waals surface area (Å²) in [6, 6.07) is 11.2. The number of fused-ring (bicyclic) bond motifs is 1. The number of imidazole rings is 1. The predicted octanol–water partition coefficient (Wildman–Crippen LogP) is 2.56. The Morgan fingerprint density at radius 3 is 2.86 bits per heavy atom. The van der Waals surface area contributed by atoms with Gasteiger partial charge in [0.2, 0.25) is 5.91 Å². The summed E-state index contributed by atoms with van der Waals surface area (Å²) in [5, 5.41) is 12.3. The van der Waals surface area contributed by atoms with Crippen molar-refractivity contribution in [2.24, 2.45) is 0 Å². The molecule has 3 aromatic rings. The molecule has 0 bridgehead atoms. The van der Waals surface area contributed by atoms with Crippen molar-refractivity contribution in [1.82, 2.24) is 14.9 Å². The number of carbonyl (C=O) groups excluding carboxylic acids is 1. The van der Waals surface area contributed by atoms with Gasteiger partial charge in [-0.3, -0.25) is 4.79 Å². The monoisotopic (exact) mass is 335 g/mol. The van der Waals surface area contributed by atoms with Gasteiger partial charge in [-0.25, -0.2) is 4.98 Å². The van der Waals surface area contributed by atoms with Crippen molar-refractivity contribution < 1.29 is 9.90 Å². The second-order valence-corrected chi connectivity index (χ2v) is 6.54. The van der Waals surface area contributed by atoms with Crippen LogP contribution < -0.4 is 5.32 Å². The third-order valence-electron chi connectivity index (χ3n) is 3.27. The molecular weight excluding hydrogens is 322 g/mol. The molecule has 0 fully saturated rings. The van der Waals surface area contributed by atoms with Crippen LogP contribution in [0.25, 0.3) is 11.0 Å². The predicted molar refractivity (Wildman–Crippen MR) is 86.8 cm³/mol. The number of amides is 1. The van der Waals surface area contributed by atoms with Crippen LogP contribution in [0, 0.1) is 0 Å². The lowest BCUT2D eigenvalue weighted by molar-refractivity contribution is -0.121. The number of hydrogen-bond acceptors (Lipinski definition) is 4. The SMILES string of the molecule is O=C(Cn1c(CO)nc2ccccc21)NCc1ccc(Cl)s1. The van der Waals surface area contributed by atoms with Gasteiger partial charge >= 0.3 is 0 Å². The van der Waals surface area contributed by atoms with Gasteiger partial charge in [0, 0.05) is 4.88 Å². The fourth-order valence-electron chi connectivity index (χ4n) is 2.25. The third kappa shape index (κ3) is 3.14. The highest BCUT2D eigenvalue weighted by Crippen LogP contribution is 2.21. The van der Waals surface area contributed by atoms with E-state index in [9.17, 15) is 9.90 Å². The first kappa shape index (κ1) is 15.0. The van der Waals surface area contributed by atoms with Crippen molar-refractivity contribution in [3.05, 3.63) is 51.4 Å². The van der Waals surface area contributed by atoms with Crippen LogP contribution >= 0.6 is 22.9 Å². The second kappa shape index (κ2) is 6.48. The van der Waals surface area contributed by atoms with Gasteiger partial charge in [0.05, 0.1) is 21.9 Å². The molecule has 0 aliphatic rings. The van der Waals surface area contributed by atoms with Crippen LogP contribution in [0.5, 0.6) is 0 Å². The third-order valence-corrected chi connectivity index (χ3v) is 4.50. The fraction of sp³-hybridized carbons (Fsp3) is 0.200. The Labute approximate surface area is 136 Å². The van der Waals surface area contributed by atoms with Crippen LogP contribution in [0.2, 0.25) is 4.34 Å². The van der Waals surface area contributed by atoms with E-state index in [4.69, 9.17) is 11.6 Å². The number of para-hydroxylation sites is 2. The lowest BCUT2D eigenvalue weighted by atomic mass is 10.3. The van der Waals surface area contributed by atoms with E-state index in [2.05, 4.69) is 10.3 Å². The first-order chi connectivity index (χ1) is 10.7. The van der Waals surface area contributed by atoms with Gasteiger partial charge in [0.15, 0.2) is 0 Å². The minimum atomic E-state index is -0.206. The summed E-state index contributed by atoms with van der Waals surface area (Å²) in [5.74, 6) is 0.345. The van der Waals surface area contributed by atoms with Crippen molar-refractivity contribution in [2.75, 3.05) is 0 Å². The normalized spacial score (nSPS) is 11.0. The van der Waals surface area contributed by atoms with Gasteiger partial charge in [-0.15, -0.1) is 11.3 Å². The number of hydrogen-bond donors (Lipinski definition) is 2. The molecule has 3 rings (SSSR count). The maximum atomic E-state index is 12.1. The number of nitrogens with one attached hydrogen (secondary N) is 1. The molecule has 2 aromatic heterocycles. The zero-order valence-electron chi connectivity index (χ0n) is 11.6. The Balaban J connectivity index is 1.73. The van der Waals surface area contributed by atoms with Gasteiger partial charge in [-0.05, 0) is 24.3 Å².